The molecule has 0 amide bonds. The van der Waals surface area contributed by atoms with Gasteiger partial charge in [-0.25, -0.2) is 0 Å². The Morgan fingerprint density at radius 2 is 0.679 bits per heavy atom. The number of hydrogen-bond donors (Lipinski definition) is 0. The number of furan rings is 2. The van der Waals surface area contributed by atoms with Crippen molar-refractivity contribution in [3.63, 3.8) is 0 Å². The largest absolute Gasteiger partial charge is 0.456 e. The zero-order chi connectivity index (χ0) is 37.6. The van der Waals surface area contributed by atoms with Crippen LogP contribution in [0, 0.1) is 22.7 Å². The molecule has 2 aromatic heterocycles. The number of benzene rings is 8. The maximum absolute atomic E-state index is 9.53. The first kappa shape index (κ1) is 32.6. The van der Waals surface area contributed by atoms with Crippen molar-refractivity contribution in [3.05, 3.63) is 193 Å². The van der Waals surface area contributed by atoms with Crippen LogP contribution in [0.1, 0.15) is 11.1 Å². The number of para-hydroxylation sites is 2. The summed E-state index contributed by atoms with van der Waals surface area (Å²) >= 11 is 0. The SMILES string of the molecule is N#Cc1ccc(N(c2ccc(-c3ccc(N(c4ccc(C#N)cc4)c4cccc5oc6ccccc6c45)cc3)cc2)c2cccc3oc4ccccc4c23)cc1. The summed E-state index contributed by atoms with van der Waals surface area (Å²) in [5.74, 6) is 0. The van der Waals surface area contributed by atoms with Crippen molar-refractivity contribution in [3.8, 4) is 23.3 Å². The minimum Gasteiger partial charge on any atom is -0.456 e. The molecular formula is C50H30N4O2. The first-order valence-electron chi connectivity index (χ1n) is 18.3. The van der Waals surface area contributed by atoms with Gasteiger partial charge in [-0.1, -0.05) is 72.8 Å². The Balaban J connectivity index is 1.05. The van der Waals surface area contributed by atoms with Crippen molar-refractivity contribution in [2.75, 3.05) is 9.80 Å². The number of fused-ring (bicyclic) bond motifs is 6. The number of nitrogens with zero attached hydrogens (tertiary/aromatic N) is 4. The fraction of sp³-hybridized carbons (Fsp3) is 0. The monoisotopic (exact) mass is 718 g/mol. The molecule has 56 heavy (non-hydrogen) atoms. The van der Waals surface area contributed by atoms with E-state index < -0.39 is 0 Å². The summed E-state index contributed by atoms with van der Waals surface area (Å²) in [4.78, 5) is 4.43. The molecule has 0 saturated carbocycles. The van der Waals surface area contributed by atoms with Crippen molar-refractivity contribution in [2.24, 2.45) is 0 Å². The maximum Gasteiger partial charge on any atom is 0.137 e. The highest BCUT2D eigenvalue weighted by Crippen LogP contribution is 2.45. The van der Waals surface area contributed by atoms with Gasteiger partial charge in [-0.15, -0.1) is 0 Å². The van der Waals surface area contributed by atoms with Crippen molar-refractivity contribution in [1.82, 2.24) is 0 Å². The molecule has 6 nitrogen and oxygen atoms in total. The Kier molecular flexibility index (Phi) is 7.80. The number of nitriles is 2. The molecule has 2 heterocycles. The molecule has 0 saturated heterocycles. The molecule has 0 spiro atoms. The van der Waals surface area contributed by atoms with Crippen LogP contribution in [-0.2, 0) is 0 Å². The Morgan fingerprint density at radius 1 is 0.339 bits per heavy atom. The van der Waals surface area contributed by atoms with Gasteiger partial charge < -0.3 is 18.6 Å². The van der Waals surface area contributed by atoms with Gasteiger partial charge in [0, 0.05) is 33.5 Å². The number of anilines is 6. The van der Waals surface area contributed by atoms with E-state index in [-0.39, 0.29) is 0 Å². The fourth-order valence-corrected chi connectivity index (χ4v) is 7.72. The van der Waals surface area contributed by atoms with Gasteiger partial charge in [-0.2, -0.15) is 10.5 Å². The van der Waals surface area contributed by atoms with Gasteiger partial charge in [0.1, 0.15) is 22.3 Å². The van der Waals surface area contributed by atoms with Crippen LogP contribution in [0.2, 0.25) is 0 Å². The highest BCUT2D eigenvalue weighted by molar-refractivity contribution is 6.14. The molecule has 10 rings (SSSR count). The predicted molar refractivity (Wildman–Crippen MR) is 225 cm³/mol. The molecule has 0 fully saturated rings. The van der Waals surface area contributed by atoms with E-state index in [1.54, 1.807) is 0 Å². The normalized spacial score (nSPS) is 11.2. The quantitative estimate of drug-likeness (QED) is 0.163. The molecule has 0 unspecified atom stereocenters. The third-order valence-corrected chi connectivity index (χ3v) is 10.3. The molecule has 262 valence electrons. The lowest BCUT2D eigenvalue weighted by atomic mass is 10.0. The minimum absolute atomic E-state index is 0.604. The van der Waals surface area contributed by atoms with Crippen LogP contribution in [0.5, 0.6) is 0 Å². The average Bonchev–Trinajstić information content (AvgIpc) is 3.84. The van der Waals surface area contributed by atoms with E-state index in [1.807, 2.05) is 109 Å². The molecule has 0 atom stereocenters. The Bertz CT molecular complexity index is 2930. The summed E-state index contributed by atoms with van der Waals surface area (Å²) in [5.41, 5.74) is 12.4. The third kappa shape index (κ3) is 5.50. The minimum atomic E-state index is 0.604. The lowest BCUT2D eigenvalue weighted by Gasteiger charge is -2.27. The maximum atomic E-state index is 9.53. The molecule has 10 aromatic rings. The molecule has 0 aliphatic rings. The van der Waals surface area contributed by atoms with Crippen molar-refractivity contribution in [1.29, 1.82) is 10.5 Å². The first-order valence-corrected chi connectivity index (χ1v) is 18.3. The summed E-state index contributed by atoms with van der Waals surface area (Å²) < 4.78 is 12.5. The third-order valence-electron chi connectivity index (χ3n) is 10.3. The van der Waals surface area contributed by atoms with Crippen LogP contribution in [0.4, 0.5) is 34.1 Å². The van der Waals surface area contributed by atoms with E-state index in [0.29, 0.717) is 11.1 Å². The number of rotatable bonds is 7. The van der Waals surface area contributed by atoms with Crippen LogP contribution in [0.3, 0.4) is 0 Å². The summed E-state index contributed by atoms with van der Waals surface area (Å²) in [5, 5.41) is 23.2. The first-order chi connectivity index (χ1) is 27.7. The zero-order valence-electron chi connectivity index (χ0n) is 29.9. The summed E-state index contributed by atoms with van der Waals surface area (Å²) in [6, 6.07) is 65.4. The summed E-state index contributed by atoms with van der Waals surface area (Å²) in [6.07, 6.45) is 0. The fourth-order valence-electron chi connectivity index (χ4n) is 7.72. The average molecular weight is 719 g/mol. The second kappa shape index (κ2) is 13.4. The predicted octanol–water partition coefficient (Wildman–Crippen LogP) is 13.8. The Morgan fingerprint density at radius 3 is 1.05 bits per heavy atom. The highest BCUT2D eigenvalue weighted by Gasteiger charge is 2.21. The van der Waals surface area contributed by atoms with Crippen molar-refractivity contribution < 1.29 is 8.83 Å². The lowest BCUT2D eigenvalue weighted by Crippen LogP contribution is -2.10. The molecule has 8 aromatic carbocycles. The van der Waals surface area contributed by atoms with Crippen LogP contribution in [0.15, 0.2) is 191 Å². The van der Waals surface area contributed by atoms with E-state index in [2.05, 4.69) is 94.7 Å². The Hall–Kier alpha value is -8.06. The summed E-state index contributed by atoms with van der Waals surface area (Å²) in [7, 11) is 0. The van der Waals surface area contributed by atoms with E-state index in [9.17, 15) is 10.5 Å². The molecule has 0 radical (unpaired) electrons. The van der Waals surface area contributed by atoms with Gasteiger partial charge in [-0.05, 0) is 120 Å². The lowest BCUT2D eigenvalue weighted by molar-refractivity contribution is 0.668. The second-order valence-corrected chi connectivity index (χ2v) is 13.6. The van der Waals surface area contributed by atoms with Gasteiger partial charge in [0.25, 0.3) is 0 Å². The standard InChI is InChI=1S/C50H30N4O2/c51-31-33-15-23-37(24-16-33)53(43-9-5-13-47-49(43)41-7-1-3-11-45(41)55-47)39-27-19-35(20-28-39)36-21-29-40(30-22-36)54(38-25-17-34(32-52)18-26-38)44-10-6-14-48-50(44)42-8-2-4-12-46(42)56-48/h1-30H. The number of hydrogen-bond acceptors (Lipinski definition) is 6. The van der Waals surface area contributed by atoms with E-state index in [4.69, 9.17) is 8.83 Å². The van der Waals surface area contributed by atoms with Crippen LogP contribution in [-0.4, -0.2) is 0 Å². The Labute approximate surface area is 322 Å². The summed E-state index contributed by atoms with van der Waals surface area (Å²) in [6.45, 7) is 0. The smallest absolute Gasteiger partial charge is 0.137 e. The molecule has 0 aliphatic heterocycles. The van der Waals surface area contributed by atoms with E-state index in [1.165, 1.54) is 0 Å². The molecule has 0 bridgehead atoms. The van der Waals surface area contributed by atoms with Crippen LogP contribution in [0.25, 0.3) is 55.0 Å². The molecule has 0 aliphatic carbocycles. The molecular weight excluding hydrogens is 689 g/mol. The van der Waals surface area contributed by atoms with Crippen molar-refractivity contribution in [2.45, 2.75) is 0 Å². The molecule has 6 heteroatoms. The zero-order valence-corrected chi connectivity index (χ0v) is 29.9. The van der Waals surface area contributed by atoms with Crippen molar-refractivity contribution >= 4 is 78.0 Å². The highest BCUT2D eigenvalue weighted by atomic mass is 16.3. The van der Waals surface area contributed by atoms with Gasteiger partial charge in [-0.3, -0.25) is 0 Å². The van der Waals surface area contributed by atoms with Gasteiger partial charge in [0.2, 0.25) is 0 Å². The van der Waals surface area contributed by atoms with E-state index >= 15 is 0 Å². The van der Waals surface area contributed by atoms with Gasteiger partial charge in [0.15, 0.2) is 0 Å². The topological polar surface area (TPSA) is 80.3 Å². The van der Waals surface area contributed by atoms with E-state index in [0.717, 1.165) is 89.1 Å². The second-order valence-electron chi connectivity index (χ2n) is 13.6. The van der Waals surface area contributed by atoms with Gasteiger partial charge in [0.05, 0.1) is 45.4 Å². The van der Waals surface area contributed by atoms with Crippen LogP contribution >= 0.6 is 0 Å². The van der Waals surface area contributed by atoms with Gasteiger partial charge >= 0.3 is 0 Å². The van der Waals surface area contributed by atoms with Crippen LogP contribution < -0.4 is 9.80 Å². The molecule has 0 N–H and O–H groups in total.